The van der Waals surface area contributed by atoms with Gasteiger partial charge in [-0.25, -0.2) is 19.0 Å². The van der Waals surface area contributed by atoms with Crippen molar-refractivity contribution in [2.45, 2.75) is 90.6 Å². The molecule has 3 unspecified atom stereocenters. The number of halogens is 1. The number of ether oxygens (including phenoxy) is 3. The summed E-state index contributed by atoms with van der Waals surface area (Å²) in [5, 5.41) is 5.95. The zero-order chi connectivity index (χ0) is 28.8. The van der Waals surface area contributed by atoms with Crippen molar-refractivity contribution in [3.8, 4) is 0 Å². The van der Waals surface area contributed by atoms with E-state index >= 15 is 4.39 Å². The number of hydrogen-bond acceptors (Lipinski definition) is 8. The van der Waals surface area contributed by atoms with Crippen LogP contribution < -0.4 is 10.6 Å². The Bertz CT molecular complexity index is 1190. The first-order valence-corrected chi connectivity index (χ1v) is 13.2. The molecule has 11 heteroatoms. The van der Waals surface area contributed by atoms with E-state index in [1.165, 1.54) is 23.0 Å². The zero-order valence-electron chi connectivity index (χ0n) is 24.1. The molecule has 0 saturated carbocycles. The van der Waals surface area contributed by atoms with Crippen LogP contribution in [0.15, 0.2) is 34.8 Å². The highest BCUT2D eigenvalue weighted by Crippen LogP contribution is 2.38. The Balaban J connectivity index is 1.66. The summed E-state index contributed by atoms with van der Waals surface area (Å²) in [7, 11) is 2.10. The Morgan fingerprint density at radius 2 is 1.82 bits per heavy atom. The van der Waals surface area contributed by atoms with Crippen molar-refractivity contribution in [1.82, 2.24) is 15.1 Å². The second-order valence-corrected chi connectivity index (χ2v) is 12.5. The minimum atomic E-state index is -1.76. The van der Waals surface area contributed by atoms with E-state index in [4.69, 9.17) is 14.2 Å². The summed E-state index contributed by atoms with van der Waals surface area (Å²) in [6, 6.07) is 6.14. The highest BCUT2D eigenvalue weighted by atomic mass is 19.1. The SMILES string of the molecule is CN1CCc2cc(NC3CN(C(=O)OC(C)(C)C)C4=C(N=CC(F)C4(C)NC(=O)OC(C)(C)C)O3)ccc2C1. The van der Waals surface area contributed by atoms with Gasteiger partial charge in [-0.1, -0.05) is 6.07 Å². The molecule has 0 aromatic heterocycles. The van der Waals surface area contributed by atoms with Gasteiger partial charge in [0.15, 0.2) is 12.4 Å². The summed E-state index contributed by atoms with van der Waals surface area (Å²) in [6.07, 6.45) is -2.02. The lowest BCUT2D eigenvalue weighted by molar-refractivity contribution is -0.00450. The van der Waals surface area contributed by atoms with E-state index in [0.717, 1.165) is 31.4 Å². The first-order chi connectivity index (χ1) is 18.0. The molecule has 39 heavy (non-hydrogen) atoms. The number of aliphatic imine (C=N–C) groups is 1. The largest absolute Gasteiger partial charge is 0.450 e. The predicted molar refractivity (Wildman–Crippen MR) is 146 cm³/mol. The molecule has 1 aromatic rings. The molecule has 0 aliphatic carbocycles. The average molecular weight is 546 g/mol. The van der Waals surface area contributed by atoms with Crippen LogP contribution in [0.25, 0.3) is 0 Å². The standard InChI is InChI=1S/C28H40FN5O5/c1-26(2,3)38-24(35)32-28(7)20(29)14-30-23-22(28)34(25(36)39-27(4,5)6)16-21(37-23)31-19-10-9-18-15-33(8)12-11-17(18)13-19/h9-10,13-14,20-21,31H,11-12,15-16H2,1-8H3,(H,32,35). The fraction of sp³-hybridized carbons (Fsp3) is 0.607. The number of nitrogens with one attached hydrogen (secondary N) is 2. The van der Waals surface area contributed by atoms with Crippen molar-refractivity contribution in [2.24, 2.45) is 4.99 Å². The quantitative estimate of drug-likeness (QED) is 0.574. The molecule has 1 aromatic carbocycles. The van der Waals surface area contributed by atoms with Crippen LogP contribution in [0.3, 0.4) is 0 Å². The second-order valence-electron chi connectivity index (χ2n) is 12.5. The number of carbonyl (C=O) groups is 2. The van der Waals surface area contributed by atoms with Crippen LogP contribution in [-0.2, 0) is 27.2 Å². The number of amides is 2. The Hall–Kier alpha value is -3.34. The molecule has 0 fully saturated rings. The van der Waals surface area contributed by atoms with Gasteiger partial charge in [0.05, 0.1) is 6.54 Å². The van der Waals surface area contributed by atoms with Crippen LogP contribution >= 0.6 is 0 Å². The average Bonchev–Trinajstić information content (AvgIpc) is 2.79. The minimum Gasteiger partial charge on any atom is -0.450 e. The van der Waals surface area contributed by atoms with Crippen molar-refractivity contribution < 1.29 is 28.2 Å². The highest BCUT2D eigenvalue weighted by molar-refractivity contribution is 5.79. The van der Waals surface area contributed by atoms with Gasteiger partial charge in [0, 0.05) is 25.0 Å². The molecule has 3 aliphatic heterocycles. The second kappa shape index (κ2) is 10.3. The van der Waals surface area contributed by atoms with Gasteiger partial charge in [-0.3, -0.25) is 4.90 Å². The number of anilines is 1. The van der Waals surface area contributed by atoms with E-state index < -0.39 is 41.3 Å². The molecular formula is C28H40FN5O5. The van der Waals surface area contributed by atoms with Gasteiger partial charge in [-0.2, -0.15) is 0 Å². The van der Waals surface area contributed by atoms with Gasteiger partial charge < -0.3 is 29.7 Å². The van der Waals surface area contributed by atoms with Gasteiger partial charge >= 0.3 is 12.2 Å². The topological polar surface area (TPSA) is 105 Å². The summed E-state index contributed by atoms with van der Waals surface area (Å²) >= 11 is 0. The third-order valence-corrected chi connectivity index (χ3v) is 6.55. The zero-order valence-corrected chi connectivity index (χ0v) is 24.1. The Labute approximate surface area is 229 Å². The molecule has 0 spiro atoms. The van der Waals surface area contributed by atoms with Gasteiger partial charge in [0.25, 0.3) is 0 Å². The number of rotatable bonds is 3. The summed E-state index contributed by atoms with van der Waals surface area (Å²) in [4.78, 5) is 33.9. The number of likely N-dealkylation sites (N-methyl/N-ethyl adjacent to an activating group) is 1. The van der Waals surface area contributed by atoms with Crippen molar-refractivity contribution in [1.29, 1.82) is 0 Å². The Kier molecular flexibility index (Phi) is 7.59. The lowest BCUT2D eigenvalue weighted by atomic mass is 9.89. The van der Waals surface area contributed by atoms with Gasteiger partial charge in [0.1, 0.15) is 22.4 Å². The molecule has 3 atom stereocenters. The molecule has 2 amide bonds. The van der Waals surface area contributed by atoms with Crippen LogP contribution in [-0.4, -0.2) is 77.5 Å². The molecule has 2 N–H and O–H groups in total. The molecule has 4 rings (SSSR count). The van der Waals surface area contributed by atoms with Crippen molar-refractivity contribution in [3.63, 3.8) is 0 Å². The number of alkyl carbamates (subject to hydrolysis) is 1. The van der Waals surface area contributed by atoms with Gasteiger partial charge in [-0.05, 0) is 85.2 Å². The normalized spacial score (nSPS) is 25.3. The van der Waals surface area contributed by atoms with Crippen LogP contribution in [0.2, 0.25) is 0 Å². The van der Waals surface area contributed by atoms with Crippen LogP contribution in [0.4, 0.5) is 19.7 Å². The van der Waals surface area contributed by atoms with E-state index in [-0.39, 0.29) is 18.1 Å². The number of nitrogens with zero attached hydrogens (tertiary/aromatic N) is 3. The molecule has 0 bridgehead atoms. The number of fused-ring (bicyclic) bond motifs is 1. The molecule has 10 nitrogen and oxygen atoms in total. The van der Waals surface area contributed by atoms with Gasteiger partial charge in [0.2, 0.25) is 5.88 Å². The monoisotopic (exact) mass is 545 g/mol. The molecule has 0 saturated heterocycles. The molecule has 214 valence electrons. The first kappa shape index (κ1) is 28.7. The number of alkyl halides is 1. The van der Waals surface area contributed by atoms with Crippen LogP contribution in [0, 0.1) is 0 Å². The first-order valence-electron chi connectivity index (χ1n) is 13.2. The number of carbonyl (C=O) groups excluding carboxylic acids is 2. The smallest absolute Gasteiger partial charge is 0.415 e. The fourth-order valence-corrected chi connectivity index (χ4v) is 4.78. The lowest BCUT2D eigenvalue weighted by Gasteiger charge is -2.45. The van der Waals surface area contributed by atoms with Gasteiger partial charge in [-0.15, -0.1) is 0 Å². The lowest BCUT2D eigenvalue weighted by Crippen LogP contribution is -2.63. The summed E-state index contributed by atoms with van der Waals surface area (Å²) in [5.74, 6) is 0.0108. The molecule has 3 heterocycles. The van der Waals surface area contributed by atoms with Crippen molar-refractivity contribution >= 4 is 24.1 Å². The highest BCUT2D eigenvalue weighted by Gasteiger charge is 2.52. The Morgan fingerprint density at radius 3 is 2.49 bits per heavy atom. The number of hydrogen-bond donors (Lipinski definition) is 2. The number of benzene rings is 1. The Morgan fingerprint density at radius 1 is 1.13 bits per heavy atom. The van der Waals surface area contributed by atoms with Crippen LogP contribution in [0.5, 0.6) is 0 Å². The summed E-state index contributed by atoms with van der Waals surface area (Å²) in [5.41, 5.74) is 0.0844. The van der Waals surface area contributed by atoms with E-state index in [0.29, 0.717) is 0 Å². The van der Waals surface area contributed by atoms with E-state index in [2.05, 4.69) is 39.7 Å². The molecule has 3 aliphatic rings. The fourth-order valence-electron chi connectivity index (χ4n) is 4.78. The van der Waals surface area contributed by atoms with E-state index in [1.807, 2.05) is 6.07 Å². The maximum atomic E-state index is 15.5. The predicted octanol–water partition coefficient (Wildman–Crippen LogP) is 4.55. The third-order valence-electron chi connectivity index (χ3n) is 6.55. The van der Waals surface area contributed by atoms with E-state index in [9.17, 15) is 9.59 Å². The summed E-state index contributed by atoms with van der Waals surface area (Å²) < 4.78 is 32.7. The maximum Gasteiger partial charge on any atom is 0.415 e. The minimum absolute atomic E-state index is 0.0108. The molecule has 0 radical (unpaired) electrons. The third kappa shape index (κ3) is 6.63. The summed E-state index contributed by atoms with van der Waals surface area (Å²) in [6.45, 7) is 13.7. The maximum absolute atomic E-state index is 15.5. The van der Waals surface area contributed by atoms with Crippen molar-refractivity contribution in [2.75, 3.05) is 25.5 Å². The van der Waals surface area contributed by atoms with E-state index in [1.54, 1.807) is 41.5 Å². The van der Waals surface area contributed by atoms with Crippen LogP contribution in [0.1, 0.15) is 59.6 Å². The van der Waals surface area contributed by atoms with Crippen molar-refractivity contribution in [3.05, 3.63) is 40.9 Å². The molecular weight excluding hydrogens is 505 g/mol.